The Bertz CT molecular complexity index is 1090. The summed E-state index contributed by atoms with van der Waals surface area (Å²) in [4.78, 5) is 38.2. The van der Waals surface area contributed by atoms with Crippen LogP contribution in [0, 0.1) is 0 Å². The zero-order valence-corrected chi connectivity index (χ0v) is 17.9. The van der Waals surface area contributed by atoms with Crippen LogP contribution in [0.5, 0.6) is 0 Å². The van der Waals surface area contributed by atoms with Gasteiger partial charge in [-0.3, -0.25) is 19.3 Å². The Hall–Kier alpha value is -3.00. The summed E-state index contributed by atoms with van der Waals surface area (Å²) in [6.07, 6.45) is 2.41. The first-order valence-electron chi connectivity index (χ1n) is 10.4. The molecule has 2 aliphatic rings. The Balaban J connectivity index is 1.52. The Labute approximate surface area is 181 Å². The third-order valence-corrected chi connectivity index (χ3v) is 8.62. The number of carbonyl (C=O) groups is 3. The van der Waals surface area contributed by atoms with Gasteiger partial charge in [-0.05, 0) is 42.7 Å². The Morgan fingerprint density at radius 1 is 0.903 bits per heavy atom. The monoisotopic (exact) mass is 440 g/mol. The quantitative estimate of drug-likeness (QED) is 0.696. The molecule has 0 bridgehead atoms. The van der Waals surface area contributed by atoms with E-state index in [4.69, 9.17) is 0 Å². The van der Waals surface area contributed by atoms with Crippen molar-refractivity contribution in [2.24, 2.45) is 0 Å². The zero-order valence-electron chi connectivity index (χ0n) is 17.0. The highest BCUT2D eigenvalue weighted by Gasteiger charge is 2.52. The van der Waals surface area contributed by atoms with Gasteiger partial charge < -0.3 is 5.32 Å². The number of amides is 3. The zero-order chi connectivity index (χ0) is 22.1. The summed E-state index contributed by atoms with van der Waals surface area (Å²) in [6, 6.07) is 14.9. The molecule has 2 fully saturated rings. The van der Waals surface area contributed by atoms with E-state index in [-0.39, 0.29) is 48.9 Å². The van der Waals surface area contributed by atoms with E-state index < -0.39 is 20.5 Å². The summed E-state index contributed by atoms with van der Waals surface area (Å²) in [5.41, 5.74) is 1.23. The summed E-state index contributed by atoms with van der Waals surface area (Å²) >= 11 is 0. The lowest BCUT2D eigenvalue weighted by Crippen LogP contribution is -2.47. The molecule has 0 unspecified atom stereocenters. The summed E-state index contributed by atoms with van der Waals surface area (Å²) in [6.45, 7) is 0.193. The molecule has 1 aliphatic heterocycles. The Morgan fingerprint density at radius 3 is 2.06 bits per heavy atom. The van der Waals surface area contributed by atoms with Crippen LogP contribution in [-0.2, 0) is 30.8 Å². The lowest BCUT2D eigenvalue weighted by molar-refractivity contribution is -0.139. The summed E-state index contributed by atoms with van der Waals surface area (Å²) in [5.74, 6) is -0.889. The van der Waals surface area contributed by atoms with Crippen LogP contribution in [-0.4, -0.2) is 35.8 Å². The fourth-order valence-corrected chi connectivity index (χ4v) is 6.40. The van der Waals surface area contributed by atoms with Crippen molar-refractivity contribution in [2.45, 2.75) is 54.7 Å². The molecule has 1 aliphatic carbocycles. The SMILES string of the molecule is O=C1CCC(=O)N1Cc1ccc(NC(=O)C2(S(=O)(=O)c3ccccc3)CCCC2)cc1. The van der Waals surface area contributed by atoms with Crippen molar-refractivity contribution in [3.8, 4) is 0 Å². The molecule has 162 valence electrons. The van der Waals surface area contributed by atoms with E-state index in [0.29, 0.717) is 18.5 Å². The van der Waals surface area contributed by atoms with Crippen LogP contribution >= 0.6 is 0 Å². The van der Waals surface area contributed by atoms with Gasteiger partial charge in [-0.25, -0.2) is 8.42 Å². The van der Waals surface area contributed by atoms with Crippen molar-refractivity contribution in [3.63, 3.8) is 0 Å². The Morgan fingerprint density at radius 2 is 1.48 bits per heavy atom. The van der Waals surface area contributed by atoms with Crippen LogP contribution in [0.25, 0.3) is 0 Å². The molecule has 1 heterocycles. The smallest absolute Gasteiger partial charge is 0.246 e. The number of nitrogens with zero attached hydrogens (tertiary/aromatic N) is 1. The number of hydrogen-bond acceptors (Lipinski definition) is 5. The molecular formula is C23H24N2O5S. The van der Waals surface area contributed by atoms with Crippen LogP contribution in [0.15, 0.2) is 59.5 Å². The van der Waals surface area contributed by atoms with Gasteiger partial charge in [0, 0.05) is 18.5 Å². The average molecular weight is 441 g/mol. The van der Waals surface area contributed by atoms with Gasteiger partial charge in [0.25, 0.3) is 0 Å². The number of rotatable bonds is 6. The molecule has 31 heavy (non-hydrogen) atoms. The van der Waals surface area contributed by atoms with Gasteiger partial charge in [-0.1, -0.05) is 43.2 Å². The lowest BCUT2D eigenvalue weighted by Gasteiger charge is -2.27. The predicted octanol–water partition coefficient (Wildman–Crippen LogP) is 3.06. The number of anilines is 1. The van der Waals surface area contributed by atoms with Crippen molar-refractivity contribution in [1.82, 2.24) is 4.90 Å². The molecule has 0 atom stereocenters. The Kier molecular flexibility index (Phi) is 5.66. The van der Waals surface area contributed by atoms with Crippen LogP contribution in [0.4, 0.5) is 5.69 Å². The molecule has 1 saturated heterocycles. The van der Waals surface area contributed by atoms with Crippen LogP contribution in [0.3, 0.4) is 0 Å². The van der Waals surface area contributed by atoms with Gasteiger partial charge in [-0.15, -0.1) is 0 Å². The minimum atomic E-state index is -3.85. The van der Waals surface area contributed by atoms with Gasteiger partial charge in [0.05, 0.1) is 11.4 Å². The second-order valence-corrected chi connectivity index (χ2v) is 10.3. The van der Waals surface area contributed by atoms with Gasteiger partial charge in [0.1, 0.15) is 0 Å². The normalized spacial score (nSPS) is 18.4. The van der Waals surface area contributed by atoms with Crippen molar-refractivity contribution >= 4 is 33.2 Å². The molecular weight excluding hydrogens is 416 g/mol. The van der Waals surface area contributed by atoms with Crippen LogP contribution < -0.4 is 5.32 Å². The highest BCUT2D eigenvalue weighted by atomic mass is 32.2. The molecule has 3 amide bonds. The fourth-order valence-electron chi connectivity index (χ4n) is 4.31. The third-order valence-electron chi connectivity index (χ3n) is 6.10. The van der Waals surface area contributed by atoms with Crippen molar-refractivity contribution < 1.29 is 22.8 Å². The van der Waals surface area contributed by atoms with Gasteiger partial charge >= 0.3 is 0 Å². The molecule has 2 aromatic rings. The molecule has 0 spiro atoms. The lowest BCUT2D eigenvalue weighted by atomic mass is 10.1. The topological polar surface area (TPSA) is 101 Å². The van der Waals surface area contributed by atoms with Crippen molar-refractivity contribution in [1.29, 1.82) is 0 Å². The largest absolute Gasteiger partial charge is 0.325 e. The van der Waals surface area contributed by atoms with E-state index in [2.05, 4.69) is 5.32 Å². The number of nitrogens with one attached hydrogen (secondary N) is 1. The van der Waals surface area contributed by atoms with Crippen LogP contribution in [0.2, 0.25) is 0 Å². The maximum absolute atomic E-state index is 13.4. The van der Waals surface area contributed by atoms with E-state index in [0.717, 1.165) is 5.56 Å². The minimum Gasteiger partial charge on any atom is -0.325 e. The molecule has 7 nitrogen and oxygen atoms in total. The van der Waals surface area contributed by atoms with E-state index in [1.165, 1.54) is 17.0 Å². The average Bonchev–Trinajstić information content (AvgIpc) is 3.40. The maximum Gasteiger partial charge on any atom is 0.246 e. The molecule has 8 heteroatoms. The molecule has 1 N–H and O–H groups in total. The molecule has 0 aromatic heterocycles. The van der Waals surface area contributed by atoms with E-state index in [1.807, 2.05) is 0 Å². The first kappa shape index (κ1) is 21.2. The molecule has 1 saturated carbocycles. The number of imide groups is 1. The highest BCUT2D eigenvalue weighted by molar-refractivity contribution is 7.93. The number of benzene rings is 2. The second kappa shape index (κ2) is 8.26. The molecule has 2 aromatic carbocycles. The van der Waals surface area contributed by atoms with Gasteiger partial charge in [-0.2, -0.15) is 0 Å². The van der Waals surface area contributed by atoms with Crippen molar-refractivity contribution in [2.75, 3.05) is 5.32 Å². The van der Waals surface area contributed by atoms with Crippen LogP contribution in [0.1, 0.15) is 44.1 Å². The number of hydrogen-bond donors (Lipinski definition) is 1. The summed E-state index contributed by atoms with van der Waals surface area (Å²) < 4.78 is 25.2. The first-order chi connectivity index (χ1) is 14.8. The molecule has 0 radical (unpaired) electrons. The van der Waals surface area contributed by atoms with E-state index >= 15 is 0 Å². The number of sulfone groups is 1. The fraction of sp³-hybridized carbons (Fsp3) is 0.348. The van der Waals surface area contributed by atoms with Gasteiger partial charge in [0.15, 0.2) is 14.6 Å². The standard InChI is InChI=1S/C23H24N2O5S/c26-20-12-13-21(27)25(20)16-17-8-10-18(11-9-17)24-22(28)23(14-4-5-15-23)31(29,30)19-6-2-1-3-7-19/h1-3,6-11H,4-5,12-16H2,(H,24,28). The number of likely N-dealkylation sites (tertiary alicyclic amines) is 1. The third kappa shape index (κ3) is 3.87. The van der Waals surface area contributed by atoms with E-state index in [1.54, 1.807) is 42.5 Å². The second-order valence-electron chi connectivity index (χ2n) is 8.04. The first-order valence-corrected chi connectivity index (χ1v) is 11.9. The summed E-state index contributed by atoms with van der Waals surface area (Å²) in [7, 11) is -3.85. The summed E-state index contributed by atoms with van der Waals surface area (Å²) in [5, 5.41) is 2.77. The predicted molar refractivity (Wildman–Crippen MR) is 115 cm³/mol. The maximum atomic E-state index is 13.4. The minimum absolute atomic E-state index is 0.155. The van der Waals surface area contributed by atoms with Gasteiger partial charge in [0.2, 0.25) is 17.7 Å². The number of carbonyl (C=O) groups excluding carboxylic acids is 3. The molecule has 4 rings (SSSR count). The highest BCUT2D eigenvalue weighted by Crippen LogP contribution is 2.41. The van der Waals surface area contributed by atoms with Crippen molar-refractivity contribution in [3.05, 3.63) is 60.2 Å². The van der Waals surface area contributed by atoms with E-state index in [9.17, 15) is 22.8 Å².